The van der Waals surface area contributed by atoms with Gasteiger partial charge in [0.2, 0.25) is 5.91 Å². The predicted molar refractivity (Wildman–Crippen MR) is 173 cm³/mol. The van der Waals surface area contributed by atoms with Crippen LogP contribution < -0.4 is 10.2 Å². The molecule has 3 unspecified atom stereocenters. The van der Waals surface area contributed by atoms with Crippen LogP contribution in [0.1, 0.15) is 117 Å². The number of hydrogen-bond donors (Lipinski definition) is 2. The van der Waals surface area contributed by atoms with E-state index in [0.717, 1.165) is 57.8 Å². The van der Waals surface area contributed by atoms with Crippen LogP contribution in [0.3, 0.4) is 0 Å². The number of quaternary nitrogens is 1. The molecule has 0 fully saturated rings. The van der Waals surface area contributed by atoms with Crippen LogP contribution in [0, 0.1) is 0 Å². The highest BCUT2D eigenvalue weighted by Crippen LogP contribution is 2.38. The van der Waals surface area contributed by atoms with E-state index in [-0.39, 0.29) is 12.5 Å². The lowest BCUT2D eigenvalue weighted by Gasteiger charge is -2.29. The van der Waals surface area contributed by atoms with Crippen molar-refractivity contribution in [1.82, 2.24) is 5.32 Å². The summed E-state index contributed by atoms with van der Waals surface area (Å²) in [5.74, 6) is -0.225. The molecule has 8 nitrogen and oxygen atoms in total. The number of rotatable bonds is 28. The van der Waals surface area contributed by atoms with Crippen molar-refractivity contribution < 1.29 is 32.9 Å². The number of hydrogen-bond acceptors (Lipinski definition) is 6. The third-order valence-corrected chi connectivity index (χ3v) is 7.79. The Balaban J connectivity index is 4.66. The first-order chi connectivity index (χ1) is 20.0. The second-order valence-electron chi connectivity index (χ2n) is 12.1. The fourth-order valence-electron chi connectivity index (χ4n) is 4.09. The number of phosphoric acid groups is 1. The number of aliphatic hydroxyl groups is 1. The second-order valence-corrected chi connectivity index (χ2v) is 13.6. The van der Waals surface area contributed by atoms with Crippen LogP contribution in [0.5, 0.6) is 0 Å². The molecule has 2 N–H and O–H groups in total. The number of aliphatic hydroxyl groups excluding tert-OH is 1. The molecule has 0 saturated carbocycles. The van der Waals surface area contributed by atoms with Crippen molar-refractivity contribution in [3.63, 3.8) is 0 Å². The quantitative estimate of drug-likeness (QED) is 0.0426. The molecule has 0 aliphatic heterocycles. The van der Waals surface area contributed by atoms with Crippen molar-refractivity contribution in [1.29, 1.82) is 0 Å². The van der Waals surface area contributed by atoms with Gasteiger partial charge in [-0.05, 0) is 51.4 Å². The molecular weight excluding hydrogens is 551 g/mol. The normalized spacial score (nSPS) is 15.5. The lowest BCUT2D eigenvalue weighted by atomic mass is 10.1. The first-order valence-corrected chi connectivity index (χ1v) is 17.8. The van der Waals surface area contributed by atoms with Gasteiger partial charge in [-0.25, -0.2) is 0 Å². The molecular formula is C33H63N2O6P. The monoisotopic (exact) mass is 614 g/mol. The Morgan fingerprint density at radius 3 is 2.00 bits per heavy atom. The molecule has 246 valence electrons. The van der Waals surface area contributed by atoms with Crippen LogP contribution in [-0.2, 0) is 18.4 Å². The highest BCUT2D eigenvalue weighted by molar-refractivity contribution is 7.45. The number of likely N-dealkylation sites (N-methyl/N-ethyl adjacent to an activating group) is 1. The zero-order valence-electron chi connectivity index (χ0n) is 27.4. The lowest BCUT2D eigenvalue weighted by molar-refractivity contribution is -0.870. The minimum atomic E-state index is -4.58. The summed E-state index contributed by atoms with van der Waals surface area (Å²) in [7, 11) is 1.22. The number of unbranched alkanes of at least 4 members (excludes halogenated alkanes) is 11. The highest BCUT2D eigenvalue weighted by Gasteiger charge is 2.23. The summed E-state index contributed by atoms with van der Waals surface area (Å²) in [6.45, 7) is 4.47. The maximum absolute atomic E-state index is 12.6. The second kappa shape index (κ2) is 26.2. The molecule has 0 aromatic carbocycles. The summed E-state index contributed by atoms with van der Waals surface area (Å²) in [6, 6.07) is -0.901. The topological polar surface area (TPSA) is 108 Å². The van der Waals surface area contributed by atoms with E-state index in [1.54, 1.807) is 6.08 Å². The summed E-state index contributed by atoms with van der Waals surface area (Å²) >= 11 is 0. The molecule has 42 heavy (non-hydrogen) atoms. The maximum atomic E-state index is 12.6. The third-order valence-electron chi connectivity index (χ3n) is 6.82. The first kappa shape index (κ1) is 40.7. The number of carbonyl (C=O) groups is 1. The molecule has 0 heterocycles. The third kappa shape index (κ3) is 27.5. The Morgan fingerprint density at radius 1 is 0.810 bits per heavy atom. The number of phosphoric ester groups is 1. The number of carbonyl (C=O) groups excluding carboxylic acids is 1. The van der Waals surface area contributed by atoms with E-state index in [0.29, 0.717) is 17.4 Å². The Labute approximate surface area is 257 Å². The molecule has 0 aromatic heterocycles. The number of nitrogens with one attached hydrogen (secondary N) is 1. The summed E-state index contributed by atoms with van der Waals surface area (Å²) in [6.07, 6.45) is 27.7. The van der Waals surface area contributed by atoms with Crippen LogP contribution in [0.2, 0.25) is 0 Å². The van der Waals surface area contributed by atoms with Gasteiger partial charge in [0.1, 0.15) is 13.2 Å². The Bertz CT molecular complexity index is 794. The first-order valence-electron chi connectivity index (χ1n) is 16.4. The van der Waals surface area contributed by atoms with Gasteiger partial charge in [-0.1, -0.05) is 95.2 Å². The van der Waals surface area contributed by atoms with Crippen molar-refractivity contribution >= 4 is 13.7 Å². The van der Waals surface area contributed by atoms with Gasteiger partial charge in [-0.3, -0.25) is 9.36 Å². The Hall–Kier alpha value is -1.28. The van der Waals surface area contributed by atoms with Gasteiger partial charge in [-0.2, -0.15) is 0 Å². The van der Waals surface area contributed by atoms with Crippen molar-refractivity contribution in [2.24, 2.45) is 0 Å². The molecule has 0 bridgehead atoms. The van der Waals surface area contributed by atoms with E-state index in [1.807, 2.05) is 27.2 Å². The predicted octanol–water partition coefficient (Wildman–Crippen LogP) is 6.99. The molecule has 0 spiro atoms. The van der Waals surface area contributed by atoms with Gasteiger partial charge in [0.05, 0.1) is 39.9 Å². The summed E-state index contributed by atoms with van der Waals surface area (Å²) in [4.78, 5) is 24.9. The van der Waals surface area contributed by atoms with Crippen LogP contribution in [-0.4, -0.2) is 68.5 Å². The molecule has 1 amide bonds. The van der Waals surface area contributed by atoms with Crippen LogP contribution in [0.4, 0.5) is 0 Å². The number of nitrogens with zero attached hydrogens (tertiary/aromatic N) is 1. The molecule has 0 aliphatic carbocycles. The minimum Gasteiger partial charge on any atom is -0.756 e. The van der Waals surface area contributed by atoms with Crippen molar-refractivity contribution in [3.8, 4) is 0 Å². The highest BCUT2D eigenvalue weighted by atomic mass is 31.2. The number of amides is 1. The van der Waals surface area contributed by atoms with Crippen molar-refractivity contribution in [2.45, 2.75) is 129 Å². The number of allylic oxidation sites excluding steroid dienone is 5. The maximum Gasteiger partial charge on any atom is 0.268 e. The van der Waals surface area contributed by atoms with Crippen LogP contribution >= 0.6 is 7.82 Å². The van der Waals surface area contributed by atoms with Gasteiger partial charge in [0.15, 0.2) is 0 Å². The van der Waals surface area contributed by atoms with Gasteiger partial charge in [0.25, 0.3) is 7.82 Å². The fraction of sp³-hybridized carbons (Fsp3) is 0.788. The molecule has 0 radical (unpaired) electrons. The molecule has 0 aromatic rings. The van der Waals surface area contributed by atoms with Crippen LogP contribution in [0.15, 0.2) is 36.5 Å². The Kier molecular flexibility index (Phi) is 25.4. The average molecular weight is 615 g/mol. The smallest absolute Gasteiger partial charge is 0.268 e. The van der Waals surface area contributed by atoms with Crippen molar-refractivity contribution in [3.05, 3.63) is 36.5 Å². The fourth-order valence-corrected chi connectivity index (χ4v) is 4.81. The van der Waals surface area contributed by atoms with Crippen LogP contribution in [0.25, 0.3) is 0 Å². The molecule has 0 saturated heterocycles. The van der Waals surface area contributed by atoms with E-state index < -0.39 is 26.6 Å². The van der Waals surface area contributed by atoms with E-state index in [9.17, 15) is 19.4 Å². The minimum absolute atomic E-state index is 0.00915. The van der Waals surface area contributed by atoms with Gasteiger partial charge >= 0.3 is 0 Å². The van der Waals surface area contributed by atoms with E-state index >= 15 is 0 Å². The van der Waals surface area contributed by atoms with E-state index in [4.69, 9.17) is 9.05 Å². The lowest BCUT2D eigenvalue weighted by Crippen LogP contribution is -2.45. The average Bonchev–Trinajstić information content (AvgIpc) is 2.92. The van der Waals surface area contributed by atoms with Crippen molar-refractivity contribution in [2.75, 3.05) is 40.9 Å². The standard InChI is InChI=1S/C33H63N2O6P/c1-6-8-10-12-14-16-17-18-19-21-23-25-27-33(37)34-31(30-41-42(38,39)40-29-28-35(3,4)5)32(36)26-24-22-20-15-13-11-9-7-2/h13-16,24,26,31-32,36H,6-12,17-23,25,27-30H2,1-5H3,(H-,34,37,38,39)/b15-13+,16-14-,26-24+. The zero-order chi connectivity index (χ0) is 31.5. The van der Waals surface area contributed by atoms with Gasteiger partial charge in [-0.15, -0.1) is 0 Å². The largest absolute Gasteiger partial charge is 0.756 e. The summed E-state index contributed by atoms with van der Waals surface area (Å²) < 4.78 is 22.9. The molecule has 9 heteroatoms. The van der Waals surface area contributed by atoms with E-state index in [1.165, 1.54) is 38.5 Å². The molecule has 0 aliphatic rings. The van der Waals surface area contributed by atoms with Gasteiger partial charge in [0, 0.05) is 6.42 Å². The summed E-state index contributed by atoms with van der Waals surface area (Å²) in [5, 5.41) is 13.5. The Morgan fingerprint density at radius 2 is 1.36 bits per heavy atom. The molecule has 3 atom stereocenters. The van der Waals surface area contributed by atoms with Gasteiger partial charge < -0.3 is 28.8 Å². The van der Waals surface area contributed by atoms with E-state index in [2.05, 4.69) is 43.5 Å². The SMILES string of the molecule is CCCC/C=C/CC/C=C/C(O)C(COP(=O)([O-])OCC[N+](C)(C)C)NC(=O)CCCCCCC/C=C\CCCCC. The molecule has 0 rings (SSSR count). The zero-order valence-corrected chi connectivity index (χ0v) is 28.3. The summed E-state index contributed by atoms with van der Waals surface area (Å²) in [5.41, 5.74) is 0.